The Bertz CT molecular complexity index is 749. The molecule has 0 aliphatic carbocycles. The number of fused-ring (bicyclic) bond motifs is 1. The minimum absolute atomic E-state index is 0.0877. The van der Waals surface area contributed by atoms with Crippen LogP contribution in [0.15, 0.2) is 38.8 Å². The predicted octanol–water partition coefficient (Wildman–Crippen LogP) is 0.721. The van der Waals surface area contributed by atoms with E-state index in [0.29, 0.717) is 16.5 Å². The topological polar surface area (TPSA) is 124 Å². The molecule has 104 valence electrons. The maximum atomic E-state index is 12.3. The minimum atomic E-state index is -0.347. The van der Waals surface area contributed by atoms with Gasteiger partial charge in [-0.3, -0.25) is 9.59 Å². The van der Waals surface area contributed by atoms with Gasteiger partial charge in [0.25, 0.3) is 0 Å². The third kappa shape index (κ3) is 2.46. The lowest BCUT2D eigenvalue weighted by Gasteiger charge is -2.05. The summed E-state index contributed by atoms with van der Waals surface area (Å²) < 4.78 is 5.31. The highest BCUT2D eigenvalue weighted by atomic mass is 16.3. The number of amidine groups is 1. The third-order valence-electron chi connectivity index (χ3n) is 2.80. The van der Waals surface area contributed by atoms with Gasteiger partial charge >= 0.3 is 0 Å². The number of carbonyl (C=O) groups is 1. The summed E-state index contributed by atoms with van der Waals surface area (Å²) in [6.45, 7) is 1.69. The van der Waals surface area contributed by atoms with Crippen molar-refractivity contribution >= 4 is 28.4 Å². The fraction of sp³-hybridized carbons (Fsp3) is 0.154. The largest absolute Gasteiger partial charge is 0.462 e. The van der Waals surface area contributed by atoms with Crippen LogP contribution in [0.25, 0.3) is 11.0 Å². The molecular formula is C13H14N4O3. The van der Waals surface area contributed by atoms with E-state index in [1.165, 1.54) is 12.3 Å². The molecule has 0 spiro atoms. The van der Waals surface area contributed by atoms with Crippen LogP contribution >= 0.6 is 0 Å². The number of anilines is 1. The molecule has 0 saturated carbocycles. The van der Waals surface area contributed by atoms with E-state index in [0.717, 1.165) is 0 Å². The summed E-state index contributed by atoms with van der Waals surface area (Å²) in [6, 6.07) is 4.76. The zero-order valence-corrected chi connectivity index (χ0v) is 10.8. The van der Waals surface area contributed by atoms with Crippen LogP contribution in [0.2, 0.25) is 0 Å². The summed E-state index contributed by atoms with van der Waals surface area (Å²) in [4.78, 5) is 23.6. The van der Waals surface area contributed by atoms with Crippen molar-refractivity contribution in [1.82, 2.24) is 0 Å². The molecule has 7 heteroatoms. The van der Waals surface area contributed by atoms with Crippen LogP contribution in [0, 0.1) is 0 Å². The van der Waals surface area contributed by atoms with Crippen LogP contribution in [0.4, 0.5) is 5.69 Å². The van der Waals surface area contributed by atoms with Crippen molar-refractivity contribution in [3.05, 3.63) is 40.2 Å². The number of carbonyl (C=O) groups excluding carboxylic acids is 1. The van der Waals surface area contributed by atoms with Crippen molar-refractivity contribution in [3.63, 3.8) is 0 Å². The van der Waals surface area contributed by atoms with Crippen LogP contribution in [0.3, 0.4) is 0 Å². The number of benzene rings is 1. The van der Waals surface area contributed by atoms with Gasteiger partial charge in [-0.25, -0.2) is 0 Å². The van der Waals surface area contributed by atoms with Crippen molar-refractivity contribution in [2.45, 2.75) is 13.3 Å². The van der Waals surface area contributed by atoms with Crippen LogP contribution in [0.1, 0.15) is 18.9 Å². The van der Waals surface area contributed by atoms with Gasteiger partial charge in [0.05, 0.1) is 5.39 Å². The van der Waals surface area contributed by atoms with E-state index >= 15 is 0 Å². The summed E-state index contributed by atoms with van der Waals surface area (Å²) >= 11 is 0. The van der Waals surface area contributed by atoms with E-state index in [1.54, 1.807) is 19.1 Å². The molecule has 1 aromatic carbocycles. The van der Waals surface area contributed by atoms with Crippen molar-refractivity contribution in [1.29, 1.82) is 0 Å². The van der Waals surface area contributed by atoms with Gasteiger partial charge in [0.2, 0.25) is 11.3 Å². The SMILES string of the molecule is CCC(=O)Nc1coc2ccc(C(N)=NN)cc2c1=O. The predicted molar refractivity (Wildman–Crippen MR) is 76.3 cm³/mol. The first-order valence-corrected chi connectivity index (χ1v) is 5.96. The fourth-order valence-electron chi connectivity index (χ4n) is 1.69. The van der Waals surface area contributed by atoms with E-state index in [4.69, 9.17) is 16.0 Å². The van der Waals surface area contributed by atoms with Crippen molar-refractivity contribution in [2.75, 3.05) is 5.32 Å². The zero-order chi connectivity index (χ0) is 14.7. The molecule has 7 nitrogen and oxygen atoms in total. The van der Waals surface area contributed by atoms with Gasteiger partial charge in [-0.15, -0.1) is 0 Å². The molecule has 5 N–H and O–H groups in total. The van der Waals surface area contributed by atoms with Crippen LogP contribution < -0.4 is 22.3 Å². The first-order chi connectivity index (χ1) is 9.56. The Labute approximate surface area is 114 Å². The molecule has 2 rings (SSSR count). The molecule has 1 aromatic heterocycles. The number of nitrogens with zero attached hydrogens (tertiary/aromatic N) is 1. The van der Waals surface area contributed by atoms with Crippen LogP contribution in [-0.4, -0.2) is 11.7 Å². The second-order valence-electron chi connectivity index (χ2n) is 4.11. The van der Waals surface area contributed by atoms with E-state index in [2.05, 4.69) is 10.4 Å². The molecule has 0 aliphatic heterocycles. The number of hydrogen-bond acceptors (Lipinski definition) is 5. The Morgan fingerprint density at radius 3 is 2.85 bits per heavy atom. The quantitative estimate of drug-likeness (QED) is 0.329. The summed E-state index contributed by atoms with van der Waals surface area (Å²) in [7, 11) is 0. The summed E-state index contributed by atoms with van der Waals surface area (Å²) in [5, 5.41) is 6.15. The molecule has 0 atom stereocenters. The maximum Gasteiger partial charge on any atom is 0.224 e. The molecule has 2 aromatic rings. The van der Waals surface area contributed by atoms with Gasteiger partial charge < -0.3 is 21.3 Å². The van der Waals surface area contributed by atoms with E-state index in [1.807, 2.05) is 0 Å². The normalized spacial score (nSPS) is 11.6. The monoisotopic (exact) mass is 274 g/mol. The van der Waals surface area contributed by atoms with E-state index in [-0.39, 0.29) is 29.3 Å². The second kappa shape index (κ2) is 5.43. The first-order valence-electron chi connectivity index (χ1n) is 5.96. The molecule has 0 bridgehead atoms. The van der Waals surface area contributed by atoms with E-state index < -0.39 is 0 Å². The zero-order valence-electron chi connectivity index (χ0n) is 10.8. The smallest absolute Gasteiger partial charge is 0.224 e. The molecule has 0 unspecified atom stereocenters. The minimum Gasteiger partial charge on any atom is -0.462 e. The molecule has 0 radical (unpaired) electrons. The Morgan fingerprint density at radius 2 is 2.20 bits per heavy atom. The van der Waals surface area contributed by atoms with Gasteiger partial charge in [-0.05, 0) is 18.2 Å². The van der Waals surface area contributed by atoms with Crippen LogP contribution in [0.5, 0.6) is 0 Å². The number of nitrogens with one attached hydrogen (secondary N) is 1. The molecular weight excluding hydrogens is 260 g/mol. The lowest BCUT2D eigenvalue weighted by molar-refractivity contribution is -0.115. The molecule has 20 heavy (non-hydrogen) atoms. The van der Waals surface area contributed by atoms with Crippen molar-refractivity contribution < 1.29 is 9.21 Å². The fourth-order valence-corrected chi connectivity index (χ4v) is 1.69. The molecule has 0 aliphatic rings. The lowest BCUT2D eigenvalue weighted by atomic mass is 10.1. The number of hydrogen-bond donors (Lipinski definition) is 3. The summed E-state index contributed by atoms with van der Waals surface area (Å²) in [5.74, 6) is 4.94. The van der Waals surface area contributed by atoms with Gasteiger partial charge in [-0.2, -0.15) is 5.10 Å². The Kier molecular flexibility index (Phi) is 3.69. The number of amides is 1. The highest BCUT2D eigenvalue weighted by Crippen LogP contribution is 2.15. The number of nitrogens with two attached hydrogens (primary N) is 2. The maximum absolute atomic E-state index is 12.3. The summed E-state index contributed by atoms with van der Waals surface area (Å²) in [5.41, 5.74) is 6.23. The standard InChI is InChI=1S/C13H14N4O3/c1-2-11(18)16-9-6-20-10-4-3-7(13(14)17-15)5-8(10)12(9)19/h3-6H,2,15H2,1H3,(H2,14,17)(H,16,18). The summed E-state index contributed by atoms with van der Waals surface area (Å²) in [6.07, 6.45) is 1.49. The molecule has 1 amide bonds. The third-order valence-corrected chi connectivity index (χ3v) is 2.80. The Balaban J connectivity index is 2.58. The van der Waals surface area contributed by atoms with Gasteiger partial charge in [0.1, 0.15) is 23.4 Å². The van der Waals surface area contributed by atoms with Crippen molar-refractivity contribution in [3.8, 4) is 0 Å². The average molecular weight is 274 g/mol. The highest BCUT2D eigenvalue weighted by molar-refractivity contribution is 6.00. The van der Waals surface area contributed by atoms with Crippen LogP contribution in [-0.2, 0) is 4.79 Å². The van der Waals surface area contributed by atoms with Gasteiger partial charge in [0.15, 0.2) is 0 Å². The lowest BCUT2D eigenvalue weighted by Crippen LogP contribution is -2.18. The highest BCUT2D eigenvalue weighted by Gasteiger charge is 2.10. The molecule has 0 saturated heterocycles. The Morgan fingerprint density at radius 1 is 1.45 bits per heavy atom. The second-order valence-corrected chi connectivity index (χ2v) is 4.11. The number of rotatable bonds is 3. The average Bonchev–Trinajstić information content (AvgIpc) is 2.48. The van der Waals surface area contributed by atoms with Gasteiger partial charge in [0, 0.05) is 12.0 Å². The molecule has 0 fully saturated rings. The Hall–Kier alpha value is -2.83. The van der Waals surface area contributed by atoms with Crippen molar-refractivity contribution in [2.24, 2.45) is 16.7 Å². The van der Waals surface area contributed by atoms with E-state index in [9.17, 15) is 9.59 Å². The number of hydrazone groups is 1. The van der Waals surface area contributed by atoms with Gasteiger partial charge in [-0.1, -0.05) is 6.92 Å². The first kappa shape index (κ1) is 13.6. The molecule has 1 heterocycles.